The lowest BCUT2D eigenvalue weighted by molar-refractivity contribution is 0.0952. The Balaban J connectivity index is 1.82. The van der Waals surface area contributed by atoms with Gasteiger partial charge in [-0.05, 0) is 49.4 Å². The molecule has 0 aliphatic rings. The van der Waals surface area contributed by atoms with Crippen molar-refractivity contribution in [3.05, 3.63) is 70.8 Å². The molecule has 2 aromatic rings. The lowest BCUT2D eigenvalue weighted by Gasteiger charge is -2.09. The van der Waals surface area contributed by atoms with Gasteiger partial charge >= 0.3 is 0 Å². The fraction of sp³-hybridized carbons (Fsp3) is 0.278. The Bertz CT molecular complexity index is 575. The average molecular weight is 267 g/mol. The van der Waals surface area contributed by atoms with E-state index in [2.05, 4.69) is 17.4 Å². The van der Waals surface area contributed by atoms with Gasteiger partial charge in [-0.1, -0.05) is 42.5 Å². The minimum absolute atomic E-state index is 0.0271. The van der Waals surface area contributed by atoms with Gasteiger partial charge in [-0.3, -0.25) is 4.79 Å². The lowest BCUT2D eigenvalue weighted by atomic mass is 10.0. The van der Waals surface area contributed by atoms with Gasteiger partial charge in [0.15, 0.2) is 0 Å². The molecule has 0 bridgehead atoms. The first-order valence-corrected chi connectivity index (χ1v) is 7.07. The van der Waals surface area contributed by atoms with Crippen LogP contribution < -0.4 is 5.32 Å². The summed E-state index contributed by atoms with van der Waals surface area (Å²) in [6, 6.07) is 16.2. The highest BCUT2D eigenvalue weighted by molar-refractivity contribution is 5.95. The molecule has 2 heteroatoms. The van der Waals surface area contributed by atoms with Crippen LogP contribution in [0.15, 0.2) is 48.5 Å². The van der Waals surface area contributed by atoms with Crippen molar-refractivity contribution in [2.75, 3.05) is 6.54 Å². The molecule has 2 nitrogen and oxygen atoms in total. The van der Waals surface area contributed by atoms with Crippen LogP contribution in [-0.4, -0.2) is 12.5 Å². The van der Waals surface area contributed by atoms with E-state index in [1.165, 1.54) is 5.56 Å². The molecule has 2 rings (SSSR count). The second-order valence-corrected chi connectivity index (χ2v) is 5.09. The minimum atomic E-state index is 0.0271. The van der Waals surface area contributed by atoms with E-state index in [4.69, 9.17) is 0 Å². The predicted molar refractivity (Wildman–Crippen MR) is 83.0 cm³/mol. The van der Waals surface area contributed by atoms with Gasteiger partial charge in [0.25, 0.3) is 5.91 Å². The molecule has 0 aliphatic carbocycles. The maximum absolute atomic E-state index is 12.1. The zero-order valence-electron chi connectivity index (χ0n) is 12.1. The first-order chi connectivity index (χ1) is 9.68. The molecule has 104 valence electrons. The quantitative estimate of drug-likeness (QED) is 0.823. The molecule has 0 radical (unpaired) electrons. The van der Waals surface area contributed by atoms with Crippen LogP contribution in [0.2, 0.25) is 0 Å². The standard InChI is InChI=1S/C18H21NO/c1-14-8-6-12-17(15(14)2)18(20)19-13-7-11-16-9-4-3-5-10-16/h3-6,8-10,12H,7,11,13H2,1-2H3,(H,19,20). The second kappa shape index (κ2) is 6.90. The summed E-state index contributed by atoms with van der Waals surface area (Å²) in [5.74, 6) is 0.0271. The van der Waals surface area contributed by atoms with Crippen LogP contribution in [0.4, 0.5) is 0 Å². The van der Waals surface area contributed by atoms with E-state index in [0.717, 1.165) is 29.5 Å². The van der Waals surface area contributed by atoms with E-state index in [9.17, 15) is 4.79 Å². The van der Waals surface area contributed by atoms with E-state index in [-0.39, 0.29) is 5.91 Å². The monoisotopic (exact) mass is 267 g/mol. The molecular formula is C18H21NO. The number of hydrogen-bond acceptors (Lipinski definition) is 1. The number of carbonyl (C=O) groups excluding carboxylic acids is 1. The lowest BCUT2D eigenvalue weighted by Crippen LogP contribution is -2.25. The molecule has 0 unspecified atom stereocenters. The topological polar surface area (TPSA) is 29.1 Å². The van der Waals surface area contributed by atoms with Crippen LogP contribution in [0.5, 0.6) is 0 Å². The SMILES string of the molecule is Cc1cccc(C(=O)NCCCc2ccccc2)c1C. The van der Waals surface area contributed by atoms with Crippen molar-refractivity contribution < 1.29 is 4.79 Å². The van der Waals surface area contributed by atoms with Gasteiger partial charge in [-0.2, -0.15) is 0 Å². The minimum Gasteiger partial charge on any atom is -0.352 e. The smallest absolute Gasteiger partial charge is 0.251 e. The van der Waals surface area contributed by atoms with Crippen molar-refractivity contribution in [2.24, 2.45) is 0 Å². The summed E-state index contributed by atoms with van der Waals surface area (Å²) >= 11 is 0. The van der Waals surface area contributed by atoms with E-state index in [1.54, 1.807) is 0 Å². The summed E-state index contributed by atoms with van der Waals surface area (Å²) in [7, 11) is 0. The van der Waals surface area contributed by atoms with Crippen molar-refractivity contribution in [3.8, 4) is 0 Å². The van der Waals surface area contributed by atoms with Crippen LogP contribution in [-0.2, 0) is 6.42 Å². The van der Waals surface area contributed by atoms with E-state index >= 15 is 0 Å². The number of rotatable bonds is 5. The number of amides is 1. The zero-order valence-corrected chi connectivity index (χ0v) is 12.1. The molecular weight excluding hydrogens is 246 g/mol. The number of benzene rings is 2. The molecule has 1 amide bonds. The third-order valence-electron chi connectivity index (χ3n) is 3.62. The highest BCUT2D eigenvalue weighted by Gasteiger charge is 2.08. The van der Waals surface area contributed by atoms with Crippen molar-refractivity contribution in [1.29, 1.82) is 0 Å². The Morgan fingerprint density at radius 3 is 2.50 bits per heavy atom. The largest absolute Gasteiger partial charge is 0.352 e. The van der Waals surface area contributed by atoms with E-state index in [1.807, 2.05) is 50.2 Å². The first-order valence-electron chi connectivity index (χ1n) is 7.07. The summed E-state index contributed by atoms with van der Waals surface area (Å²) in [5.41, 5.74) is 4.31. The van der Waals surface area contributed by atoms with Gasteiger partial charge < -0.3 is 5.32 Å². The van der Waals surface area contributed by atoms with Crippen LogP contribution >= 0.6 is 0 Å². The van der Waals surface area contributed by atoms with Crippen LogP contribution in [0.1, 0.15) is 33.5 Å². The Morgan fingerprint density at radius 1 is 1.00 bits per heavy atom. The van der Waals surface area contributed by atoms with Gasteiger partial charge in [-0.25, -0.2) is 0 Å². The zero-order chi connectivity index (χ0) is 14.4. The highest BCUT2D eigenvalue weighted by atomic mass is 16.1. The van der Waals surface area contributed by atoms with Crippen molar-refractivity contribution in [3.63, 3.8) is 0 Å². The Kier molecular flexibility index (Phi) is 4.94. The highest BCUT2D eigenvalue weighted by Crippen LogP contribution is 2.12. The molecule has 0 aromatic heterocycles. The van der Waals surface area contributed by atoms with Crippen LogP contribution in [0, 0.1) is 13.8 Å². The number of carbonyl (C=O) groups is 1. The number of aryl methyl sites for hydroxylation is 2. The van der Waals surface area contributed by atoms with Gasteiger partial charge in [0, 0.05) is 12.1 Å². The third-order valence-corrected chi connectivity index (χ3v) is 3.62. The summed E-state index contributed by atoms with van der Waals surface area (Å²) in [5, 5.41) is 3.00. The van der Waals surface area contributed by atoms with E-state index < -0.39 is 0 Å². The predicted octanol–water partition coefficient (Wildman–Crippen LogP) is 3.67. The van der Waals surface area contributed by atoms with E-state index in [0.29, 0.717) is 6.54 Å². The van der Waals surface area contributed by atoms with Gasteiger partial charge in [0.05, 0.1) is 0 Å². The molecule has 0 saturated heterocycles. The molecule has 2 aromatic carbocycles. The Hall–Kier alpha value is -2.09. The van der Waals surface area contributed by atoms with Gasteiger partial charge in [-0.15, -0.1) is 0 Å². The fourth-order valence-corrected chi connectivity index (χ4v) is 2.23. The Labute approximate surface area is 120 Å². The summed E-state index contributed by atoms with van der Waals surface area (Å²) in [4.78, 5) is 12.1. The van der Waals surface area contributed by atoms with Crippen LogP contribution in [0.3, 0.4) is 0 Å². The third kappa shape index (κ3) is 3.70. The number of hydrogen-bond donors (Lipinski definition) is 1. The molecule has 0 aliphatic heterocycles. The van der Waals surface area contributed by atoms with Crippen molar-refractivity contribution in [2.45, 2.75) is 26.7 Å². The molecule has 0 atom stereocenters. The fourth-order valence-electron chi connectivity index (χ4n) is 2.23. The summed E-state index contributed by atoms with van der Waals surface area (Å²) in [6.45, 7) is 4.73. The van der Waals surface area contributed by atoms with Crippen molar-refractivity contribution >= 4 is 5.91 Å². The normalized spacial score (nSPS) is 10.3. The number of nitrogens with one attached hydrogen (secondary N) is 1. The van der Waals surface area contributed by atoms with Gasteiger partial charge in [0.2, 0.25) is 0 Å². The molecule has 0 spiro atoms. The Morgan fingerprint density at radius 2 is 1.75 bits per heavy atom. The average Bonchev–Trinajstić information content (AvgIpc) is 2.47. The van der Waals surface area contributed by atoms with Crippen LogP contribution in [0.25, 0.3) is 0 Å². The molecule has 0 fully saturated rings. The molecule has 0 saturated carbocycles. The summed E-state index contributed by atoms with van der Waals surface area (Å²) < 4.78 is 0. The van der Waals surface area contributed by atoms with Gasteiger partial charge in [0.1, 0.15) is 0 Å². The van der Waals surface area contributed by atoms with Crippen molar-refractivity contribution in [1.82, 2.24) is 5.32 Å². The molecule has 0 heterocycles. The molecule has 1 N–H and O–H groups in total. The summed E-state index contributed by atoms with van der Waals surface area (Å²) in [6.07, 6.45) is 1.95. The molecule has 20 heavy (non-hydrogen) atoms. The first kappa shape index (κ1) is 14.3. The maximum atomic E-state index is 12.1. The maximum Gasteiger partial charge on any atom is 0.251 e. The second-order valence-electron chi connectivity index (χ2n) is 5.09.